The lowest BCUT2D eigenvalue weighted by molar-refractivity contribution is -0.222. The first-order valence-corrected chi connectivity index (χ1v) is 7.26. The Morgan fingerprint density at radius 1 is 1.27 bits per heavy atom. The number of rotatable bonds is 4. The Balaban J connectivity index is 1.70. The molecule has 0 saturated carbocycles. The Kier molecular flexibility index (Phi) is 5.33. The molecule has 8 heteroatoms. The third-order valence-corrected chi connectivity index (χ3v) is 3.92. The predicted molar refractivity (Wildman–Crippen MR) is 74.2 cm³/mol. The highest BCUT2D eigenvalue weighted by atomic mass is 19.4. The van der Waals surface area contributed by atoms with Gasteiger partial charge in [-0.15, -0.1) is 0 Å². The number of hydrogen-bond acceptors (Lipinski definition) is 2. The number of alkyl halides is 3. The Morgan fingerprint density at radius 2 is 1.86 bits per heavy atom. The van der Waals surface area contributed by atoms with Crippen molar-refractivity contribution in [1.82, 2.24) is 14.8 Å². The molecule has 1 atom stereocenters. The van der Waals surface area contributed by atoms with Gasteiger partial charge in [0.05, 0.1) is 0 Å². The topological polar surface area (TPSA) is 57.5 Å². The summed E-state index contributed by atoms with van der Waals surface area (Å²) in [4.78, 5) is 13.4. The van der Waals surface area contributed by atoms with Gasteiger partial charge in [-0.3, -0.25) is 0 Å². The van der Waals surface area contributed by atoms with Crippen LogP contribution in [0.1, 0.15) is 12.8 Å². The number of nitrogens with one attached hydrogen (secondary N) is 1. The monoisotopic (exact) mass is 319 g/mol. The molecule has 0 bridgehead atoms. The SMILES string of the molecule is O=C(NCCn1cccc1)N1CCC([C@@H](O)C(F)(F)F)CC1. The van der Waals surface area contributed by atoms with E-state index in [2.05, 4.69) is 5.32 Å². The molecule has 1 saturated heterocycles. The van der Waals surface area contributed by atoms with Crippen LogP contribution in [0.5, 0.6) is 0 Å². The summed E-state index contributed by atoms with van der Waals surface area (Å²) in [6.45, 7) is 1.56. The zero-order valence-corrected chi connectivity index (χ0v) is 12.1. The van der Waals surface area contributed by atoms with E-state index in [9.17, 15) is 23.1 Å². The highest BCUT2D eigenvalue weighted by molar-refractivity contribution is 5.74. The number of hydrogen-bond donors (Lipinski definition) is 2. The van der Waals surface area contributed by atoms with Crippen molar-refractivity contribution in [1.29, 1.82) is 0 Å². The molecule has 22 heavy (non-hydrogen) atoms. The van der Waals surface area contributed by atoms with Gasteiger partial charge in [-0.05, 0) is 30.9 Å². The lowest BCUT2D eigenvalue weighted by Crippen LogP contribution is -2.48. The number of halogens is 3. The molecule has 2 amide bonds. The zero-order valence-electron chi connectivity index (χ0n) is 12.1. The van der Waals surface area contributed by atoms with Crippen LogP contribution in [0.2, 0.25) is 0 Å². The summed E-state index contributed by atoms with van der Waals surface area (Å²) in [6.07, 6.45) is -2.80. The molecule has 1 fully saturated rings. The second kappa shape index (κ2) is 7.04. The molecule has 0 aliphatic carbocycles. The molecule has 2 N–H and O–H groups in total. The minimum absolute atomic E-state index is 0.158. The molecule has 1 aliphatic heterocycles. The van der Waals surface area contributed by atoms with Gasteiger partial charge in [0.25, 0.3) is 0 Å². The maximum absolute atomic E-state index is 12.4. The lowest BCUT2D eigenvalue weighted by Gasteiger charge is -2.34. The lowest BCUT2D eigenvalue weighted by atomic mass is 9.91. The average Bonchev–Trinajstić information content (AvgIpc) is 2.99. The van der Waals surface area contributed by atoms with Gasteiger partial charge in [0.15, 0.2) is 6.10 Å². The molecule has 0 aromatic carbocycles. The van der Waals surface area contributed by atoms with E-state index in [1.807, 2.05) is 29.1 Å². The normalized spacial score (nSPS) is 18.3. The second-order valence-corrected chi connectivity index (χ2v) is 5.46. The fraction of sp³-hybridized carbons (Fsp3) is 0.643. The van der Waals surface area contributed by atoms with E-state index >= 15 is 0 Å². The van der Waals surface area contributed by atoms with Gasteiger partial charge in [0.2, 0.25) is 0 Å². The van der Waals surface area contributed by atoms with Crippen LogP contribution < -0.4 is 5.32 Å². The molecule has 0 spiro atoms. The number of urea groups is 1. The van der Waals surface area contributed by atoms with E-state index < -0.39 is 18.2 Å². The number of piperidine rings is 1. The first-order chi connectivity index (χ1) is 10.4. The van der Waals surface area contributed by atoms with Crippen molar-refractivity contribution in [3.05, 3.63) is 24.5 Å². The number of amides is 2. The van der Waals surface area contributed by atoms with Crippen molar-refractivity contribution in [2.75, 3.05) is 19.6 Å². The molecular weight excluding hydrogens is 299 g/mol. The molecule has 5 nitrogen and oxygen atoms in total. The summed E-state index contributed by atoms with van der Waals surface area (Å²) < 4.78 is 39.3. The van der Waals surface area contributed by atoms with E-state index in [0.717, 1.165) is 0 Å². The third-order valence-electron chi connectivity index (χ3n) is 3.92. The van der Waals surface area contributed by atoms with E-state index in [-0.39, 0.29) is 32.0 Å². The number of nitrogens with zero attached hydrogens (tertiary/aromatic N) is 2. The Morgan fingerprint density at radius 3 is 2.41 bits per heavy atom. The third kappa shape index (κ3) is 4.40. The maximum Gasteiger partial charge on any atom is 0.414 e. The summed E-state index contributed by atoms with van der Waals surface area (Å²) in [6, 6.07) is 3.50. The van der Waals surface area contributed by atoms with Crippen LogP contribution in [0.4, 0.5) is 18.0 Å². The largest absolute Gasteiger partial charge is 0.414 e. The van der Waals surface area contributed by atoms with Crippen molar-refractivity contribution >= 4 is 6.03 Å². The maximum atomic E-state index is 12.4. The van der Waals surface area contributed by atoms with Crippen LogP contribution >= 0.6 is 0 Å². The zero-order chi connectivity index (χ0) is 16.2. The molecule has 1 aliphatic rings. The molecular formula is C14H20F3N3O2. The van der Waals surface area contributed by atoms with E-state index in [1.165, 1.54) is 4.90 Å². The van der Waals surface area contributed by atoms with Gasteiger partial charge in [-0.1, -0.05) is 0 Å². The quantitative estimate of drug-likeness (QED) is 0.889. The summed E-state index contributed by atoms with van der Waals surface area (Å²) in [5.41, 5.74) is 0. The predicted octanol–water partition coefficient (Wildman–Crippen LogP) is 1.83. The number of aliphatic hydroxyl groups is 1. The summed E-state index contributed by atoms with van der Waals surface area (Å²) >= 11 is 0. The fourth-order valence-electron chi connectivity index (χ4n) is 2.61. The highest BCUT2D eigenvalue weighted by Gasteiger charge is 2.44. The van der Waals surface area contributed by atoms with Crippen molar-refractivity contribution in [3.8, 4) is 0 Å². The number of carbonyl (C=O) groups is 1. The summed E-state index contributed by atoms with van der Waals surface area (Å²) in [7, 11) is 0. The van der Waals surface area contributed by atoms with Gasteiger partial charge < -0.3 is 19.9 Å². The molecule has 124 valence electrons. The minimum Gasteiger partial charge on any atom is -0.383 e. The molecule has 2 rings (SSSR count). The van der Waals surface area contributed by atoms with E-state index in [4.69, 9.17) is 0 Å². The van der Waals surface area contributed by atoms with Crippen molar-refractivity contribution in [2.24, 2.45) is 5.92 Å². The standard InChI is InChI=1S/C14H20F3N3O2/c15-14(16,17)12(21)11-3-8-20(9-4-11)13(22)18-5-10-19-6-1-2-7-19/h1-2,6-7,11-12,21H,3-5,8-10H2,(H,18,22)/t12-/m1/s1. The van der Waals surface area contributed by atoms with Crippen LogP contribution in [0.15, 0.2) is 24.5 Å². The fourth-order valence-corrected chi connectivity index (χ4v) is 2.61. The van der Waals surface area contributed by atoms with E-state index in [1.54, 1.807) is 0 Å². The van der Waals surface area contributed by atoms with Gasteiger partial charge in [0.1, 0.15) is 0 Å². The van der Waals surface area contributed by atoms with Gasteiger partial charge in [-0.25, -0.2) is 4.79 Å². The molecule has 0 radical (unpaired) electrons. The van der Waals surface area contributed by atoms with Crippen LogP contribution in [0.25, 0.3) is 0 Å². The van der Waals surface area contributed by atoms with Crippen LogP contribution in [0.3, 0.4) is 0 Å². The summed E-state index contributed by atoms with van der Waals surface area (Å²) in [5, 5.41) is 12.0. The average molecular weight is 319 g/mol. The minimum atomic E-state index is -4.59. The smallest absolute Gasteiger partial charge is 0.383 e. The number of aliphatic hydroxyl groups excluding tert-OH is 1. The number of likely N-dealkylation sites (tertiary alicyclic amines) is 1. The highest BCUT2D eigenvalue weighted by Crippen LogP contribution is 2.31. The summed E-state index contributed by atoms with van der Waals surface area (Å²) in [5.74, 6) is -0.830. The van der Waals surface area contributed by atoms with Crippen LogP contribution in [-0.4, -0.2) is 52.5 Å². The number of carbonyl (C=O) groups excluding carboxylic acids is 1. The number of aromatic nitrogens is 1. The van der Waals surface area contributed by atoms with Crippen molar-refractivity contribution in [2.45, 2.75) is 31.7 Å². The molecule has 1 aromatic rings. The first-order valence-electron chi connectivity index (χ1n) is 7.26. The Labute approximate surface area is 126 Å². The molecule has 1 aromatic heterocycles. The first kappa shape index (κ1) is 16.7. The van der Waals surface area contributed by atoms with E-state index in [0.29, 0.717) is 13.1 Å². The molecule has 0 unspecified atom stereocenters. The van der Waals surface area contributed by atoms with Gasteiger partial charge >= 0.3 is 12.2 Å². The molecule has 2 heterocycles. The van der Waals surface area contributed by atoms with Crippen LogP contribution in [0, 0.1) is 5.92 Å². The van der Waals surface area contributed by atoms with Crippen LogP contribution in [-0.2, 0) is 6.54 Å². The van der Waals surface area contributed by atoms with Crippen molar-refractivity contribution < 1.29 is 23.1 Å². The second-order valence-electron chi connectivity index (χ2n) is 5.46. The van der Waals surface area contributed by atoms with Gasteiger partial charge in [-0.2, -0.15) is 13.2 Å². The van der Waals surface area contributed by atoms with Gasteiger partial charge in [0, 0.05) is 38.6 Å². The Hall–Kier alpha value is -1.70. The van der Waals surface area contributed by atoms with Crippen molar-refractivity contribution in [3.63, 3.8) is 0 Å². The Bertz CT molecular complexity index is 468.